The van der Waals surface area contributed by atoms with E-state index in [1.54, 1.807) is 24.3 Å². The number of rotatable bonds is 6. The maximum absolute atomic E-state index is 12.4. The number of nitrogens with one attached hydrogen (secondary N) is 1. The summed E-state index contributed by atoms with van der Waals surface area (Å²) in [6, 6.07) is 11.7. The number of carbonyl (C=O) groups excluding carboxylic acids is 1. The molecule has 0 heterocycles. The summed E-state index contributed by atoms with van der Waals surface area (Å²) in [6.07, 6.45) is 1.35. The number of nitriles is 1. The average molecular weight is 373 g/mol. The van der Waals surface area contributed by atoms with Crippen molar-refractivity contribution in [2.24, 2.45) is 0 Å². The van der Waals surface area contributed by atoms with E-state index in [0.29, 0.717) is 23.6 Å². The topological polar surface area (TPSA) is 91.6 Å². The molecule has 0 spiro atoms. The van der Waals surface area contributed by atoms with Crippen LogP contribution in [0.1, 0.15) is 12.5 Å². The summed E-state index contributed by atoms with van der Waals surface area (Å²) in [4.78, 5) is 12.4. The lowest BCUT2D eigenvalue weighted by Gasteiger charge is -2.11. The van der Waals surface area contributed by atoms with Crippen molar-refractivity contribution in [3.05, 3.63) is 52.6 Å². The normalized spacial score (nSPS) is 10.8. The lowest BCUT2D eigenvalue weighted by molar-refractivity contribution is -0.112. The average Bonchev–Trinajstić information content (AvgIpc) is 2.64. The Bertz CT molecular complexity index is 888. The van der Waals surface area contributed by atoms with Gasteiger partial charge in [-0.2, -0.15) is 5.26 Å². The highest BCUT2D eigenvalue weighted by Gasteiger charge is 2.14. The summed E-state index contributed by atoms with van der Waals surface area (Å²) in [5.41, 5.74) is 0.761. The molecule has 2 aromatic carbocycles. The van der Waals surface area contributed by atoms with Gasteiger partial charge in [0.25, 0.3) is 5.91 Å². The van der Waals surface area contributed by atoms with Crippen molar-refractivity contribution in [3.63, 3.8) is 0 Å². The molecule has 0 saturated carbocycles. The van der Waals surface area contributed by atoms with Crippen molar-refractivity contribution in [2.75, 3.05) is 19.0 Å². The number of carbonyl (C=O) groups is 1. The Labute approximate surface area is 156 Å². The van der Waals surface area contributed by atoms with E-state index < -0.39 is 5.91 Å². The van der Waals surface area contributed by atoms with Gasteiger partial charge in [0, 0.05) is 0 Å². The Morgan fingerprint density at radius 1 is 1.35 bits per heavy atom. The first-order valence-electron chi connectivity index (χ1n) is 7.71. The molecule has 0 aliphatic heterocycles. The van der Waals surface area contributed by atoms with Crippen LogP contribution in [0, 0.1) is 11.3 Å². The molecular weight excluding hydrogens is 356 g/mol. The summed E-state index contributed by atoms with van der Waals surface area (Å²) in [7, 11) is 1.38. The number of nitrogens with zero attached hydrogens (tertiary/aromatic N) is 1. The largest absolute Gasteiger partial charge is 0.503 e. The Hall–Kier alpha value is -3.17. The Balaban J connectivity index is 2.31. The fourth-order valence-corrected chi connectivity index (χ4v) is 2.41. The number of amides is 1. The molecule has 134 valence electrons. The van der Waals surface area contributed by atoms with E-state index in [2.05, 4.69) is 5.32 Å². The number of para-hydroxylation sites is 2. The zero-order chi connectivity index (χ0) is 19.1. The molecule has 0 radical (unpaired) electrons. The first kappa shape index (κ1) is 19.2. The van der Waals surface area contributed by atoms with Gasteiger partial charge in [0.1, 0.15) is 17.4 Å². The molecule has 0 aliphatic carbocycles. The molecule has 2 aromatic rings. The molecule has 7 heteroatoms. The fourth-order valence-electron chi connectivity index (χ4n) is 2.19. The second-order valence-corrected chi connectivity index (χ2v) is 5.51. The van der Waals surface area contributed by atoms with Crippen LogP contribution in [0.2, 0.25) is 5.02 Å². The fraction of sp³-hybridized carbons (Fsp3) is 0.158. The predicted octanol–water partition coefficient (Wildman–Crippen LogP) is 4.00. The van der Waals surface area contributed by atoms with Gasteiger partial charge >= 0.3 is 0 Å². The van der Waals surface area contributed by atoms with Crippen molar-refractivity contribution in [3.8, 4) is 23.3 Å². The van der Waals surface area contributed by atoms with E-state index >= 15 is 0 Å². The monoisotopic (exact) mass is 372 g/mol. The lowest BCUT2D eigenvalue weighted by atomic mass is 10.1. The third kappa shape index (κ3) is 4.47. The SMILES string of the molecule is CCOc1ccccc1NC(=O)/C(C#N)=C/c1cc(Cl)c(O)c(OC)c1. The molecule has 0 unspecified atom stereocenters. The summed E-state index contributed by atoms with van der Waals surface area (Å²) < 4.78 is 10.5. The molecule has 2 rings (SSSR count). The van der Waals surface area contributed by atoms with Crippen molar-refractivity contribution in [2.45, 2.75) is 6.92 Å². The minimum Gasteiger partial charge on any atom is -0.503 e. The highest BCUT2D eigenvalue weighted by molar-refractivity contribution is 6.32. The number of ether oxygens (including phenoxy) is 2. The number of anilines is 1. The van der Waals surface area contributed by atoms with E-state index in [1.165, 1.54) is 25.3 Å². The van der Waals surface area contributed by atoms with Gasteiger partial charge in [-0.15, -0.1) is 0 Å². The Kier molecular flexibility index (Phi) is 6.48. The Morgan fingerprint density at radius 3 is 2.73 bits per heavy atom. The van der Waals surface area contributed by atoms with Crippen LogP contribution in [0.15, 0.2) is 42.0 Å². The molecule has 0 saturated heterocycles. The molecule has 2 N–H and O–H groups in total. The number of halogens is 1. The number of hydrogen-bond donors (Lipinski definition) is 2. The summed E-state index contributed by atoms with van der Waals surface area (Å²) in [5.74, 6) is -0.152. The highest BCUT2D eigenvalue weighted by atomic mass is 35.5. The van der Waals surface area contributed by atoms with Gasteiger partial charge in [-0.3, -0.25) is 4.79 Å². The second-order valence-electron chi connectivity index (χ2n) is 5.11. The molecule has 26 heavy (non-hydrogen) atoms. The van der Waals surface area contributed by atoms with E-state index in [0.717, 1.165) is 0 Å². The van der Waals surface area contributed by atoms with Crippen LogP contribution >= 0.6 is 11.6 Å². The summed E-state index contributed by atoms with van der Waals surface area (Å²) in [5, 5.41) is 21.8. The predicted molar refractivity (Wildman–Crippen MR) is 99.5 cm³/mol. The molecule has 0 fully saturated rings. The summed E-state index contributed by atoms with van der Waals surface area (Å²) >= 11 is 5.93. The molecule has 0 atom stereocenters. The molecule has 0 aromatic heterocycles. The van der Waals surface area contributed by atoms with Crippen LogP contribution in [-0.2, 0) is 4.79 Å². The molecule has 0 aliphatic rings. The lowest BCUT2D eigenvalue weighted by Crippen LogP contribution is -2.14. The highest BCUT2D eigenvalue weighted by Crippen LogP contribution is 2.35. The van der Waals surface area contributed by atoms with Gasteiger partial charge in [-0.05, 0) is 42.8 Å². The van der Waals surface area contributed by atoms with Crippen LogP contribution < -0.4 is 14.8 Å². The van der Waals surface area contributed by atoms with Gasteiger partial charge in [-0.25, -0.2) is 0 Å². The standard InChI is InChI=1S/C19H17ClN2O4/c1-3-26-16-7-5-4-6-15(16)22-19(24)13(11-21)8-12-9-14(20)18(23)17(10-12)25-2/h4-10,23H,3H2,1-2H3,(H,22,24)/b13-8+. The van der Waals surface area contributed by atoms with Gasteiger partial charge in [0.2, 0.25) is 0 Å². The molecule has 6 nitrogen and oxygen atoms in total. The van der Waals surface area contributed by atoms with Gasteiger partial charge in [-0.1, -0.05) is 23.7 Å². The van der Waals surface area contributed by atoms with Gasteiger partial charge in [0.15, 0.2) is 11.5 Å². The Morgan fingerprint density at radius 2 is 2.08 bits per heavy atom. The quantitative estimate of drug-likeness (QED) is 0.590. The van der Waals surface area contributed by atoms with Crippen molar-refractivity contribution >= 4 is 29.3 Å². The zero-order valence-electron chi connectivity index (χ0n) is 14.2. The first-order chi connectivity index (χ1) is 12.5. The second kappa shape index (κ2) is 8.79. The zero-order valence-corrected chi connectivity index (χ0v) is 15.0. The van der Waals surface area contributed by atoms with E-state index in [9.17, 15) is 15.2 Å². The van der Waals surface area contributed by atoms with E-state index in [1.807, 2.05) is 13.0 Å². The molecule has 0 bridgehead atoms. The summed E-state index contributed by atoms with van der Waals surface area (Å²) in [6.45, 7) is 2.28. The number of hydrogen-bond acceptors (Lipinski definition) is 5. The molecule has 1 amide bonds. The molecular formula is C19H17ClN2O4. The minimum atomic E-state index is -0.595. The first-order valence-corrected chi connectivity index (χ1v) is 8.09. The maximum Gasteiger partial charge on any atom is 0.266 e. The van der Waals surface area contributed by atoms with Crippen LogP contribution in [0.4, 0.5) is 5.69 Å². The van der Waals surface area contributed by atoms with Crippen LogP contribution in [0.3, 0.4) is 0 Å². The third-order valence-corrected chi connectivity index (χ3v) is 3.67. The smallest absolute Gasteiger partial charge is 0.266 e. The van der Waals surface area contributed by atoms with Gasteiger partial charge < -0.3 is 19.9 Å². The minimum absolute atomic E-state index is 0.0509. The number of phenolic OH excluding ortho intramolecular Hbond substituents is 1. The van der Waals surface area contributed by atoms with E-state index in [4.69, 9.17) is 21.1 Å². The van der Waals surface area contributed by atoms with Crippen molar-refractivity contribution < 1.29 is 19.4 Å². The van der Waals surface area contributed by atoms with Crippen molar-refractivity contribution in [1.29, 1.82) is 5.26 Å². The number of methoxy groups -OCH3 is 1. The van der Waals surface area contributed by atoms with E-state index in [-0.39, 0.29) is 22.1 Å². The number of benzene rings is 2. The van der Waals surface area contributed by atoms with Crippen LogP contribution in [0.25, 0.3) is 6.08 Å². The number of phenols is 1. The maximum atomic E-state index is 12.4. The van der Waals surface area contributed by atoms with Crippen LogP contribution in [-0.4, -0.2) is 24.7 Å². The number of aromatic hydroxyl groups is 1. The van der Waals surface area contributed by atoms with Crippen molar-refractivity contribution in [1.82, 2.24) is 0 Å². The van der Waals surface area contributed by atoms with Crippen LogP contribution in [0.5, 0.6) is 17.2 Å². The third-order valence-electron chi connectivity index (χ3n) is 3.38. The van der Waals surface area contributed by atoms with Gasteiger partial charge in [0.05, 0.1) is 24.4 Å².